The van der Waals surface area contributed by atoms with E-state index < -0.39 is 17.7 Å². The first kappa shape index (κ1) is 15.2. The lowest BCUT2D eigenvalue weighted by atomic mass is 9.91. The summed E-state index contributed by atoms with van der Waals surface area (Å²) in [5, 5.41) is 10.5. The van der Waals surface area contributed by atoms with Crippen LogP contribution in [0.5, 0.6) is 0 Å². The van der Waals surface area contributed by atoms with Gasteiger partial charge in [0.2, 0.25) is 6.17 Å². The number of aliphatic hydroxyl groups is 1. The average molecular weight is 295 g/mol. The van der Waals surface area contributed by atoms with Crippen molar-refractivity contribution in [3.05, 3.63) is 33.8 Å². The smallest absolute Gasteiger partial charge is 0.344 e. The van der Waals surface area contributed by atoms with Crippen LogP contribution in [0.2, 0.25) is 10.0 Å². The summed E-state index contributed by atoms with van der Waals surface area (Å²) in [4.78, 5) is 11.3. The first-order valence-corrected chi connectivity index (χ1v) is 6.05. The van der Waals surface area contributed by atoms with Crippen molar-refractivity contribution >= 4 is 29.2 Å². The SMILES string of the molecule is CCOC(=O)C(F)C(C)(O)c1cc(Cl)ccc1Cl. The fourth-order valence-electron chi connectivity index (χ4n) is 1.47. The minimum absolute atomic E-state index is 0.0264. The van der Waals surface area contributed by atoms with Gasteiger partial charge in [-0.1, -0.05) is 23.2 Å². The molecule has 0 aliphatic heterocycles. The van der Waals surface area contributed by atoms with Gasteiger partial charge in [-0.15, -0.1) is 0 Å². The van der Waals surface area contributed by atoms with Crippen molar-refractivity contribution in [1.82, 2.24) is 0 Å². The van der Waals surface area contributed by atoms with Gasteiger partial charge in [0.1, 0.15) is 5.60 Å². The first-order chi connectivity index (χ1) is 8.30. The second-order valence-electron chi connectivity index (χ2n) is 3.89. The lowest BCUT2D eigenvalue weighted by molar-refractivity contribution is -0.160. The molecule has 1 aromatic rings. The zero-order valence-corrected chi connectivity index (χ0v) is 11.4. The van der Waals surface area contributed by atoms with Crippen molar-refractivity contribution in [3.63, 3.8) is 0 Å². The van der Waals surface area contributed by atoms with Gasteiger partial charge in [-0.05, 0) is 32.0 Å². The summed E-state index contributed by atoms with van der Waals surface area (Å²) in [6.07, 6.45) is -2.24. The maximum absolute atomic E-state index is 13.9. The Balaban J connectivity index is 3.11. The molecule has 0 aromatic heterocycles. The van der Waals surface area contributed by atoms with Gasteiger partial charge < -0.3 is 9.84 Å². The summed E-state index contributed by atoms with van der Waals surface area (Å²) < 4.78 is 18.5. The zero-order valence-electron chi connectivity index (χ0n) is 9.91. The van der Waals surface area contributed by atoms with Crippen LogP contribution >= 0.6 is 23.2 Å². The third-order valence-corrected chi connectivity index (χ3v) is 3.03. The van der Waals surface area contributed by atoms with Crippen molar-refractivity contribution in [1.29, 1.82) is 0 Å². The summed E-state index contributed by atoms with van der Waals surface area (Å²) in [6, 6.07) is 4.24. The molecule has 0 bridgehead atoms. The van der Waals surface area contributed by atoms with Crippen molar-refractivity contribution in [2.75, 3.05) is 6.61 Å². The van der Waals surface area contributed by atoms with Gasteiger partial charge in [0.15, 0.2) is 0 Å². The van der Waals surface area contributed by atoms with Crippen LogP contribution < -0.4 is 0 Å². The average Bonchev–Trinajstić information content (AvgIpc) is 2.31. The maximum Gasteiger partial charge on any atom is 0.344 e. The zero-order chi connectivity index (χ0) is 13.9. The molecule has 0 aliphatic carbocycles. The molecule has 3 nitrogen and oxygen atoms in total. The van der Waals surface area contributed by atoms with E-state index in [1.165, 1.54) is 18.2 Å². The number of hydrogen-bond acceptors (Lipinski definition) is 3. The van der Waals surface area contributed by atoms with Gasteiger partial charge in [-0.3, -0.25) is 0 Å². The van der Waals surface area contributed by atoms with E-state index in [9.17, 15) is 14.3 Å². The molecule has 2 atom stereocenters. The third-order valence-electron chi connectivity index (χ3n) is 2.46. The van der Waals surface area contributed by atoms with Gasteiger partial charge in [0, 0.05) is 15.6 Å². The molecule has 1 rings (SSSR count). The number of benzene rings is 1. The molecular weight excluding hydrogens is 282 g/mol. The van der Waals surface area contributed by atoms with Crippen LogP contribution in [0.15, 0.2) is 18.2 Å². The van der Waals surface area contributed by atoms with E-state index in [1.807, 2.05) is 0 Å². The molecule has 0 radical (unpaired) electrons. The van der Waals surface area contributed by atoms with Gasteiger partial charge in [0.25, 0.3) is 0 Å². The number of hydrogen-bond donors (Lipinski definition) is 1. The Labute approximate surface area is 114 Å². The van der Waals surface area contributed by atoms with E-state index >= 15 is 0 Å². The first-order valence-electron chi connectivity index (χ1n) is 5.29. The number of esters is 1. The Kier molecular flexibility index (Phi) is 4.96. The van der Waals surface area contributed by atoms with Crippen molar-refractivity contribution in [2.24, 2.45) is 0 Å². The highest BCUT2D eigenvalue weighted by Gasteiger charge is 2.41. The van der Waals surface area contributed by atoms with Crippen molar-refractivity contribution in [3.8, 4) is 0 Å². The Bertz CT molecular complexity index is 449. The summed E-state index contributed by atoms with van der Waals surface area (Å²) >= 11 is 11.6. The molecule has 0 saturated carbocycles. The second kappa shape index (κ2) is 5.87. The minimum atomic E-state index is -2.24. The largest absolute Gasteiger partial charge is 0.464 e. The molecule has 1 N–H and O–H groups in total. The lowest BCUT2D eigenvalue weighted by Gasteiger charge is -2.27. The van der Waals surface area contributed by atoms with E-state index in [0.29, 0.717) is 0 Å². The number of carbonyl (C=O) groups is 1. The molecule has 18 heavy (non-hydrogen) atoms. The fourth-order valence-corrected chi connectivity index (χ4v) is 1.95. The van der Waals surface area contributed by atoms with Crippen LogP contribution in [0.1, 0.15) is 19.4 Å². The Morgan fingerprint density at radius 2 is 2.17 bits per heavy atom. The molecule has 0 amide bonds. The molecular formula is C12H13Cl2FO3. The van der Waals surface area contributed by atoms with Gasteiger partial charge in [-0.2, -0.15) is 0 Å². The van der Waals surface area contributed by atoms with Crippen LogP contribution in [-0.2, 0) is 15.1 Å². The third kappa shape index (κ3) is 3.13. The number of rotatable bonds is 4. The highest BCUT2D eigenvalue weighted by Crippen LogP contribution is 2.34. The molecule has 0 saturated heterocycles. The molecule has 0 fully saturated rings. The Hall–Kier alpha value is -0.840. The Morgan fingerprint density at radius 3 is 2.72 bits per heavy atom. The highest BCUT2D eigenvalue weighted by atomic mass is 35.5. The summed E-state index contributed by atoms with van der Waals surface area (Å²) in [5.41, 5.74) is -2.06. The molecule has 0 heterocycles. The number of alkyl halides is 1. The van der Waals surface area contributed by atoms with E-state index in [-0.39, 0.29) is 22.2 Å². The van der Waals surface area contributed by atoms with E-state index in [2.05, 4.69) is 4.74 Å². The highest BCUT2D eigenvalue weighted by molar-refractivity contribution is 6.33. The number of carbonyl (C=O) groups excluding carboxylic acids is 1. The summed E-state index contributed by atoms with van der Waals surface area (Å²) in [7, 11) is 0. The molecule has 6 heteroatoms. The molecule has 2 unspecified atom stereocenters. The summed E-state index contributed by atoms with van der Waals surface area (Å²) in [6.45, 7) is 2.72. The number of ether oxygens (including phenoxy) is 1. The fraction of sp³-hybridized carbons (Fsp3) is 0.417. The van der Waals surface area contributed by atoms with Gasteiger partial charge in [-0.25, -0.2) is 9.18 Å². The maximum atomic E-state index is 13.9. The van der Waals surface area contributed by atoms with E-state index in [4.69, 9.17) is 23.2 Å². The normalized spacial score (nSPS) is 15.9. The second-order valence-corrected chi connectivity index (χ2v) is 4.73. The minimum Gasteiger partial charge on any atom is -0.464 e. The predicted molar refractivity (Wildman–Crippen MR) is 67.6 cm³/mol. The molecule has 0 aliphatic rings. The molecule has 100 valence electrons. The van der Waals surface area contributed by atoms with Crippen LogP contribution in [0.25, 0.3) is 0 Å². The van der Waals surface area contributed by atoms with Crippen LogP contribution in [0.4, 0.5) is 4.39 Å². The van der Waals surface area contributed by atoms with Gasteiger partial charge >= 0.3 is 5.97 Å². The lowest BCUT2D eigenvalue weighted by Crippen LogP contribution is -2.40. The van der Waals surface area contributed by atoms with E-state index in [1.54, 1.807) is 6.92 Å². The van der Waals surface area contributed by atoms with Crippen molar-refractivity contribution in [2.45, 2.75) is 25.6 Å². The van der Waals surface area contributed by atoms with Gasteiger partial charge in [0.05, 0.1) is 6.61 Å². The van der Waals surface area contributed by atoms with Crippen molar-refractivity contribution < 1.29 is 19.0 Å². The Morgan fingerprint density at radius 1 is 1.56 bits per heavy atom. The van der Waals surface area contributed by atoms with Crippen LogP contribution in [0, 0.1) is 0 Å². The topological polar surface area (TPSA) is 46.5 Å². The monoisotopic (exact) mass is 294 g/mol. The van der Waals surface area contributed by atoms with Crippen LogP contribution in [0.3, 0.4) is 0 Å². The quantitative estimate of drug-likeness (QED) is 0.868. The molecule has 1 aromatic carbocycles. The standard InChI is InChI=1S/C12H13Cl2FO3/c1-3-18-11(16)10(15)12(2,17)8-6-7(13)4-5-9(8)14/h4-6,10,17H,3H2,1-2H3. The van der Waals surface area contributed by atoms with E-state index in [0.717, 1.165) is 6.92 Å². The summed E-state index contributed by atoms with van der Waals surface area (Å²) in [5.74, 6) is -1.14. The molecule has 0 spiro atoms. The predicted octanol–water partition coefficient (Wildman–Crippen LogP) is 3.10. The van der Waals surface area contributed by atoms with Crippen LogP contribution in [-0.4, -0.2) is 23.9 Å². The number of halogens is 3.